The van der Waals surface area contributed by atoms with Gasteiger partial charge in [-0.15, -0.1) is 10.2 Å². The van der Waals surface area contributed by atoms with Crippen LogP contribution in [0.15, 0.2) is 52.4 Å². The number of rotatable bonds is 6. The quantitative estimate of drug-likeness (QED) is 0.577. The van der Waals surface area contributed by atoms with E-state index in [0.717, 1.165) is 42.9 Å². The first-order valence-electron chi connectivity index (χ1n) is 9.41. The summed E-state index contributed by atoms with van der Waals surface area (Å²) >= 11 is 7.64. The second-order valence-corrected chi connectivity index (χ2v) is 7.96. The number of nitrogens with one attached hydrogen (secondary N) is 1. The minimum absolute atomic E-state index is 0.154. The maximum absolute atomic E-state index is 12.5. The largest absolute Gasteiger partial charge is 0.411 e. The number of hydrogen-bond donors (Lipinski definition) is 1. The zero-order chi connectivity index (χ0) is 20.1. The van der Waals surface area contributed by atoms with E-state index in [-0.39, 0.29) is 11.7 Å². The van der Waals surface area contributed by atoms with Crippen molar-refractivity contribution in [3.8, 4) is 11.5 Å². The van der Waals surface area contributed by atoms with Crippen LogP contribution >= 0.6 is 23.4 Å². The van der Waals surface area contributed by atoms with Gasteiger partial charge in [-0.1, -0.05) is 29.4 Å². The van der Waals surface area contributed by atoms with Crippen molar-refractivity contribution in [1.82, 2.24) is 15.2 Å². The molecule has 0 bridgehead atoms. The lowest BCUT2D eigenvalue weighted by Gasteiger charge is -2.31. The lowest BCUT2D eigenvalue weighted by molar-refractivity contribution is -0.113. The van der Waals surface area contributed by atoms with Crippen LogP contribution in [0.3, 0.4) is 0 Å². The number of benzene rings is 1. The third-order valence-electron chi connectivity index (χ3n) is 4.59. The average molecular weight is 430 g/mol. The molecule has 9 heteroatoms. The summed E-state index contributed by atoms with van der Waals surface area (Å²) in [5.74, 6) is 0.404. The molecule has 1 aliphatic rings. The molecule has 7 nitrogen and oxygen atoms in total. The second-order valence-electron chi connectivity index (χ2n) is 6.63. The van der Waals surface area contributed by atoms with Gasteiger partial charge in [-0.3, -0.25) is 9.78 Å². The Morgan fingerprint density at radius 2 is 1.93 bits per heavy atom. The molecule has 0 unspecified atom stereocenters. The third kappa shape index (κ3) is 4.89. The van der Waals surface area contributed by atoms with E-state index in [2.05, 4.69) is 25.4 Å². The molecule has 0 spiro atoms. The lowest BCUT2D eigenvalue weighted by atomic mass is 10.1. The van der Waals surface area contributed by atoms with E-state index in [0.29, 0.717) is 16.1 Å². The number of pyridine rings is 1. The Morgan fingerprint density at radius 1 is 1.14 bits per heavy atom. The number of carbonyl (C=O) groups excluding carboxylic acids is 1. The van der Waals surface area contributed by atoms with Gasteiger partial charge in [-0.05, 0) is 43.5 Å². The summed E-state index contributed by atoms with van der Waals surface area (Å²) in [4.78, 5) is 18.7. The predicted octanol–water partition coefficient (Wildman–Crippen LogP) is 4.51. The zero-order valence-corrected chi connectivity index (χ0v) is 17.2. The van der Waals surface area contributed by atoms with Crippen LogP contribution in [-0.2, 0) is 4.79 Å². The molecule has 1 fully saturated rings. The van der Waals surface area contributed by atoms with Gasteiger partial charge in [0.1, 0.15) is 0 Å². The Hall–Kier alpha value is -2.58. The van der Waals surface area contributed by atoms with Crippen molar-refractivity contribution in [1.29, 1.82) is 0 Å². The highest BCUT2D eigenvalue weighted by molar-refractivity contribution is 7.99. The zero-order valence-electron chi connectivity index (χ0n) is 15.7. The fourth-order valence-corrected chi connectivity index (χ4v) is 4.11. The van der Waals surface area contributed by atoms with Gasteiger partial charge in [0.15, 0.2) is 0 Å². The van der Waals surface area contributed by atoms with E-state index in [1.165, 1.54) is 18.2 Å². The van der Waals surface area contributed by atoms with Crippen LogP contribution in [0.1, 0.15) is 19.3 Å². The monoisotopic (exact) mass is 429 g/mol. The van der Waals surface area contributed by atoms with Crippen molar-refractivity contribution in [3.63, 3.8) is 0 Å². The normalized spacial score (nSPS) is 14.0. The maximum atomic E-state index is 12.5. The molecule has 150 valence electrons. The molecule has 0 radical (unpaired) electrons. The van der Waals surface area contributed by atoms with Crippen LogP contribution in [0.5, 0.6) is 0 Å². The molecule has 1 saturated heterocycles. The number of amides is 1. The Balaban J connectivity index is 1.39. The van der Waals surface area contributed by atoms with Crippen molar-refractivity contribution in [2.45, 2.75) is 24.5 Å². The van der Waals surface area contributed by atoms with E-state index in [9.17, 15) is 4.79 Å². The average Bonchev–Trinajstić information content (AvgIpc) is 3.23. The molecule has 2 aromatic heterocycles. The van der Waals surface area contributed by atoms with Gasteiger partial charge in [-0.25, -0.2) is 0 Å². The number of thioether (sulfide) groups is 1. The minimum atomic E-state index is -0.154. The highest BCUT2D eigenvalue weighted by Crippen LogP contribution is 2.35. The van der Waals surface area contributed by atoms with E-state index >= 15 is 0 Å². The Kier molecular flexibility index (Phi) is 6.31. The summed E-state index contributed by atoms with van der Waals surface area (Å²) < 4.78 is 5.61. The van der Waals surface area contributed by atoms with Gasteiger partial charge in [-0.2, -0.15) is 0 Å². The minimum Gasteiger partial charge on any atom is -0.411 e. The van der Waals surface area contributed by atoms with Crippen LogP contribution in [0.4, 0.5) is 11.4 Å². The van der Waals surface area contributed by atoms with Gasteiger partial charge < -0.3 is 14.6 Å². The number of nitrogens with zero attached hydrogens (tertiary/aromatic N) is 4. The van der Waals surface area contributed by atoms with E-state index in [1.807, 2.05) is 18.2 Å². The molecule has 1 aliphatic heterocycles. The van der Waals surface area contributed by atoms with Crippen LogP contribution in [0, 0.1) is 0 Å². The van der Waals surface area contributed by atoms with Crippen LogP contribution < -0.4 is 10.2 Å². The van der Waals surface area contributed by atoms with Crippen molar-refractivity contribution in [2.75, 3.05) is 29.1 Å². The topological polar surface area (TPSA) is 84.1 Å². The van der Waals surface area contributed by atoms with Crippen LogP contribution in [-0.4, -0.2) is 39.9 Å². The highest BCUT2D eigenvalue weighted by atomic mass is 35.5. The summed E-state index contributed by atoms with van der Waals surface area (Å²) in [5, 5.41) is 12.0. The van der Waals surface area contributed by atoms with Gasteiger partial charge in [0, 0.05) is 31.0 Å². The molecule has 1 amide bonds. The first-order valence-corrected chi connectivity index (χ1v) is 10.8. The van der Waals surface area contributed by atoms with Crippen molar-refractivity contribution < 1.29 is 9.21 Å². The summed E-state index contributed by atoms with van der Waals surface area (Å²) in [6.07, 6.45) is 6.80. The third-order valence-corrected chi connectivity index (χ3v) is 5.72. The molecular weight excluding hydrogens is 410 g/mol. The molecule has 3 heterocycles. The van der Waals surface area contributed by atoms with Crippen LogP contribution in [0.2, 0.25) is 5.02 Å². The maximum Gasteiger partial charge on any atom is 0.277 e. The fraction of sp³-hybridized carbons (Fsp3) is 0.300. The van der Waals surface area contributed by atoms with Crippen molar-refractivity contribution >= 4 is 40.6 Å². The van der Waals surface area contributed by atoms with Gasteiger partial charge >= 0.3 is 0 Å². The Morgan fingerprint density at radius 3 is 2.72 bits per heavy atom. The number of anilines is 2. The predicted molar refractivity (Wildman–Crippen MR) is 114 cm³/mol. The summed E-state index contributed by atoms with van der Waals surface area (Å²) in [5.41, 5.74) is 2.41. The van der Waals surface area contributed by atoms with E-state index in [4.69, 9.17) is 16.0 Å². The molecular formula is C20H20ClN5O2S. The van der Waals surface area contributed by atoms with Gasteiger partial charge in [0.2, 0.25) is 11.8 Å². The summed E-state index contributed by atoms with van der Waals surface area (Å²) in [6, 6.07) is 9.16. The number of piperidine rings is 1. The molecule has 0 aliphatic carbocycles. The standard InChI is InChI=1S/C20H20ClN5O2S/c21-15-5-4-6-16(18(15)26-11-2-1-3-12-26)23-17(27)13-29-20-25-24-19(28-20)14-7-9-22-10-8-14/h4-10H,1-3,11-13H2,(H,23,27). The Bertz CT molecular complexity index is 976. The molecule has 1 aromatic carbocycles. The van der Waals surface area contributed by atoms with Gasteiger partial charge in [0.05, 0.1) is 22.2 Å². The molecule has 1 N–H and O–H groups in total. The number of para-hydroxylation sites is 1. The number of halogens is 1. The first-order chi connectivity index (χ1) is 14.2. The first kappa shape index (κ1) is 19.7. The highest BCUT2D eigenvalue weighted by Gasteiger charge is 2.19. The molecule has 4 rings (SSSR count). The second kappa shape index (κ2) is 9.28. The molecule has 0 saturated carbocycles. The van der Waals surface area contributed by atoms with Gasteiger partial charge in [0.25, 0.3) is 5.22 Å². The summed E-state index contributed by atoms with van der Waals surface area (Å²) in [7, 11) is 0. The van der Waals surface area contributed by atoms with E-state index in [1.54, 1.807) is 24.5 Å². The number of carbonyl (C=O) groups is 1. The van der Waals surface area contributed by atoms with Crippen LogP contribution in [0.25, 0.3) is 11.5 Å². The smallest absolute Gasteiger partial charge is 0.277 e. The van der Waals surface area contributed by atoms with E-state index < -0.39 is 0 Å². The lowest BCUT2D eigenvalue weighted by Crippen LogP contribution is -2.30. The van der Waals surface area contributed by atoms with Crippen molar-refractivity contribution in [2.24, 2.45) is 0 Å². The fourth-order valence-electron chi connectivity index (χ4n) is 3.25. The SMILES string of the molecule is O=C(CSc1nnc(-c2ccncc2)o1)Nc1cccc(Cl)c1N1CCCCC1. The number of aromatic nitrogens is 3. The number of hydrogen-bond acceptors (Lipinski definition) is 7. The summed E-state index contributed by atoms with van der Waals surface area (Å²) in [6.45, 7) is 1.89. The molecule has 0 atom stereocenters. The van der Waals surface area contributed by atoms with Crippen molar-refractivity contribution in [3.05, 3.63) is 47.7 Å². The molecule has 29 heavy (non-hydrogen) atoms. The Labute approximate surface area is 177 Å². The molecule has 3 aromatic rings.